The molecule has 0 unspecified atom stereocenters. The van der Waals surface area contributed by atoms with Crippen molar-refractivity contribution in [3.05, 3.63) is 30.0 Å². The minimum Gasteiger partial charge on any atom is -0.351 e. The van der Waals surface area contributed by atoms with Crippen LogP contribution < -0.4 is 4.90 Å². The lowest BCUT2D eigenvalue weighted by atomic mass is 10.2. The first kappa shape index (κ1) is 13.6. The van der Waals surface area contributed by atoms with Crippen LogP contribution in [0.25, 0.3) is 11.0 Å². The Kier molecular flexibility index (Phi) is 4.06. The third kappa shape index (κ3) is 2.59. The molecule has 1 saturated carbocycles. The van der Waals surface area contributed by atoms with Crippen LogP contribution in [0.1, 0.15) is 31.4 Å². The number of benzene rings is 1. The molecule has 0 N–H and O–H groups in total. The first-order valence-corrected chi connectivity index (χ1v) is 7.89. The summed E-state index contributed by atoms with van der Waals surface area (Å²) in [5, 5.41) is 0. The van der Waals surface area contributed by atoms with Crippen LogP contribution in [-0.2, 0) is 0 Å². The molecule has 0 bridgehead atoms. The summed E-state index contributed by atoms with van der Waals surface area (Å²) in [7, 11) is 0. The van der Waals surface area contributed by atoms with E-state index in [4.69, 9.17) is 21.6 Å². The van der Waals surface area contributed by atoms with E-state index in [9.17, 15) is 0 Å². The molecular weight excluding hydrogens is 270 g/mol. The van der Waals surface area contributed by atoms with Crippen LogP contribution in [0.4, 0.5) is 5.82 Å². The molecule has 0 aliphatic heterocycles. The third-order valence-corrected chi connectivity index (χ3v) is 4.25. The van der Waals surface area contributed by atoms with Gasteiger partial charge in [0, 0.05) is 18.5 Å². The fraction of sp³-hybridized carbons (Fsp3) is 0.500. The molecular formula is C16H20ClN3. The zero-order valence-corrected chi connectivity index (χ0v) is 12.6. The summed E-state index contributed by atoms with van der Waals surface area (Å²) in [5.41, 5.74) is 2.93. The number of fused-ring (bicyclic) bond motifs is 1. The van der Waals surface area contributed by atoms with Crippen LogP contribution in [0.5, 0.6) is 0 Å². The zero-order valence-electron chi connectivity index (χ0n) is 11.8. The predicted molar refractivity (Wildman–Crippen MR) is 84.6 cm³/mol. The summed E-state index contributed by atoms with van der Waals surface area (Å²) in [4.78, 5) is 11.9. The van der Waals surface area contributed by atoms with Gasteiger partial charge >= 0.3 is 0 Å². The maximum absolute atomic E-state index is 6.01. The normalized spacial score (nSPS) is 15.9. The highest BCUT2D eigenvalue weighted by Crippen LogP contribution is 2.29. The van der Waals surface area contributed by atoms with Crippen LogP contribution in [-0.4, -0.2) is 28.4 Å². The largest absolute Gasteiger partial charge is 0.351 e. The zero-order chi connectivity index (χ0) is 13.9. The maximum atomic E-state index is 6.01. The van der Waals surface area contributed by atoms with Gasteiger partial charge in [-0.15, -0.1) is 11.6 Å². The number of rotatable bonds is 4. The second kappa shape index (κ2) is 5.96. The van der Waals surface area contributed by atoms with Gasteiger partial charge in [0.15, 0.2) is 5.82 Å². The van der Waals surface area contributed by atoms with E-state index < -0.39 is 0 Å². The van der Waals surface area contributed by atoms with E-state index in [0.29, 0.717) is 11.9 Å². The number of hydrogen-bond acceptors (Lipinski definition) is 3. The summed E-state index contributed by atoms with van der Waals surface area (Å²) in [6.07, 6.45) is 5.10. The van der Waals surface area contributed by atoms with E-state index in [1.807, 2.05) is 31.2 Å². The maximum Gasteiger partial charge on any atom is 0.151 e. The highest BCUT2D eigenvalue weighted by atomic mass is 35.5. The van der Waals surface area contributed by atoms with Gasteiger partial charge in [-0.3, -0.25) is 0 Å². The van der Waals surface area contributed by atoms with Crippen molar-refractivity contribution in [3.63, 3.8) is 0 Å². The van der Waals surface area contributed by atoms with Crippen LogP contribution in [0, 0.1) is 6.92 Å². The lowest BCUT2D eigenvalue weighted by Gasteiger charge is -2.30. The van der Waals surface area contributed by atoms with Gasteiger partial charge in [0.2, 0.25) is 0 Å². The predicted octanol–water partition coefficient (Wildman–Crippen LogP) is 3.93. The van der Waals surface area contributed by atoms with Gasteiger partial charge in [-0.2, -0.15) is 0 Å². The number of nitrogens with zero attached hydrogens (tertiary/aromatic N) is 3. The molecule has 1 aliphatic carbocycles. The molecule has 2 aromatic rings. The number of para-hydroxylation sites is 2. The molecule has 4 heteroatoms. The molecule has 1 aromatic carbocycles. The summed E-state index contributed by atoms with van der Waals surface area (Å²) in [6, 6.07) is 8.63. The second-order valence-corrected chi connectivity index (χ2v) is 5.82. The molecule has 1 aromatic heterocycles. The standard InChI is InChI=1S/C16H20ClN3/c1-12-16(19-15-9-5-4-8-14(15)18-12)20(11-10-17)13-6-2-3-7-13/h4-5,8-9,13H,2-3,6-7,10-11H2,1H3. The Labute approximate surface area is 125 Å². The van der Waals surface area contributed by atoms with Crippen molar-refractivity contribution in [3.8, 4) is 0 Å². The van der Waals surface area contributed by atoms with Crippen molar-refractivity contribution < 1.29 is 0 Å². The van der Waals surface area contributed by atoms with E-state index in [2.05, 4.69) is 4.90 Å². The van der Waals surface area contributed by atoms with Crippen molar-refractivity contribution in [2.45, 2.75) is 38.6 Å². The van der Waals surface area contributed by atoms with Crippen molar-refractivity contribution >= 4 is 28.5 Å². The SMILES string of the molecule is Cc1nc2ccccc2nc1N(CCCl)C1CCCC1. The summed E-state index contributed by atoms with van der Waals surface area (Å²) in [5.74, 6) is 1.64. The fourth-order valence-corrected chi connectivity index (χ4v) is 3.30. The highest BCUT2D eigenvalue weighted by Gasteiger charge is 2.25. The number of aryl methyl sites for hydroxylation is 1. The number of hydrogen-bond donors (Lipinski definition) is 0. The van der Waals surface area contributed by atoms with Gasteiger partial charge in [-0.05, 0) is 31.9 Å². The summed E-state index contributed by atoms with van der Waals surface area (Å²) < 4.78 is 0. The third-order valence-electron chi connectivity index (χ3n) is 4.08. The second-order valence-electron chi connectivity index (χ2n) is 5.44. The topological polar surface area (TPSA) is 29.0 Å². The minimum absolute atomic E-state index is 0.572. The van der Waals surface area contributed by atoms with Gasteiger partial charge in [-0.25, -0.2) is 9.97 Å². The number of aromatic nitrogens is 2. The molecule has 0 radical (unpaired) electrons. The van der Waals surface area contributed by atoms with E-state index in [1.165, 1.54) is 25.7 Å². The molecule has 20 heavy (non-hydrogen) atoms. The van der Waals surface area contributed by atoms with Crippen molar-refractivity contribution in [2.75, 3.05) is 17.3 Å². The number of alkyl halides is 1. The van der Waals surface area contributed by atoms with Crippen LogP contribution >= 0.6 is 11.6 Å². The lowest BCUT2D eigenvalue weighted by molar-refractivity contribution is 0.612. The Morgan fingerprint density at radius 2 is 1.80 bits per heavy atom. The van der Waals surface area contributed by atoms with Gasteiger partial charge in [-0.1, -0.05) is 25.0 Å². The molecule has 3 nitrogen and oxygen atoms in total. The van der Waals surface area contributed by atoms with Crippen LogP contribution in [0.2, 0.25) is 0 Å². The van der Waals surface area contributed by atoms with Gasteiger partial charge < -0.3 is 4.90 Å². The molecule has 106 valence electrons. The highest BCUT2D eigenvalue weighted by molar-refractivity contribution is 6.18. The van der Waals surface area contributed by atoms with Crippen molar-refractivity contribution in [2.24, 2.45) is 0 Å². The molecule has 1 aliphatic rings. The average Bonchev–Trinajstić information content (AvgIpc) is 2.98. The van der Waals surface area contributed by atoms with Gasteiger partial charge in [0.1, 0.15) is 0 Å². The molecule has 0 spiro atoms. The average molecular weight is 290 g/mol. The Hall–Kier alpha value is -1.35. The molecule has 0 saturated heterocycles. The molecule has 1 fully saturated rings. The first-order valence-electron chi connectivity index (χ1n) is 7.35. The Bertz CT molecular complexity index is 593. The van der Waals surface area contributed by atoms with E-state index >= 15 is 0 Å². The van der Waals surface area contributed by atoms with E-state index in [0.717, 1.165) is 29.1 Å². The molecule has 0 amide bonds. The molecule has 0 atom stereocenters. The number of halogens is 1. The van der Waals surface area contributed by atoms with Gasteiger partial charge in [0.05, 0.1) is 16.7 Å². The monoisotopic (exact) mass is 289 g/mol. The Morgan fingerprint density at radius 3 is 2.45 bits per heavy atom. The van der Waals surface area contributed by atoms with Crippen LogP contribution in [0.15, 0.2) is 24.3 Å². The Balaban J connectivity index is 2.02. The van der Waals surface area contributed by atoms with E-state index in [-0.39, 0.29) is 0 Å². The Morgan fingerprint density at radius 1 is 1.15 bits per heavy atom. The van der Waals surface area contributed by atoms with Crippen molar-refractivity contribution in [1.29, 1.82) is 0 Å². The smallest absolute Gasteiger partial charge is 0.151 e. The minimum atomic E-state index is 0.572. The molecule has 1 heterocycles. The fourth-order valence-electron chi connectivity index (χ4n) is 3.12. The van der Waals surface area contributed by atoms with Gasteiger partial charge in [0.25, 0.3) is 0 Å². The number of anilines is 1. The summed E-state index contributed by atoms with van der Waals surface area (Å²) >= 11 is 6.01. The van der Waals surface area contributed by atoms with E-state index in [1.54, 1.807) is 0 Å². The molecule has 3 rings (SSSR count). The lowest BCUT2D eigenvalue weighted by Crippen LogP contribution is -2.36. The van der Waals surface area contributed by atoms with Crippen molar-refractivity contribution in [1.82, 2.24) is 9.97 Å². The summed E-state index contributed by atoms with van der Waals surface area (Å²) in [6.45, 7) is 2.89. The quantitative estimate of drug-likeness (QED) is 0.799. The van der Waals surface area contributed by atoms with Crippen LogP contribution in [0.3, 0.4) is 0 Å². The first-order chi connectivity index (χ1) is 9.79.